The number of benzene rings is 2. The molecule has 0 aliphatic carbocycles. The lowest BCUT2D eigenvalue weighted by molar-refractivity contribution is -0.115. The summed E-state index contributed by atoms with van der Waals surface area (Å²) in [4.78, 5) is 11.6. The second-order valence-electron chi connectivity index (χ2n) is 6.54. The van der Waals surface area contributed by atoms with Gasteiger partial charge in [0.25, 0.3) is 10.0 Å². The molecule has 1 aromatic heterocycles. The predicted octanol–water partition coefficient (Wildman–Crippen LogP) is 4.58. The van der Waals surface area contributed by atoms with E-state index in [4.69, 9.17) is 4.52 Å². The van der Waals surface area contributed by atoms with Crippen LogP contribution in [0.5, 0.6) is 0 Å². The Hall–Kier alpha value is -3.53. The van der Waals surface area contributed by atoms with E-state index in [0.29, 0.717) is 35.2 Å². The minimum atomic E-state index is -4.06. The fraction of sp³-hybridized carbons (Fsp3) is 0.143. The molecule has 162 valence electrons. The van der Waals surface area contributed by atoms with Crippen molar-refractivity contribution in [3.05, 3.63) is 71.1 Å². The molecule has 1 amide bonds. The topological polar surface area (TPSA) is 101 Å². The van der Waals surface area contributed by atoms with Crippen molar-refractivity contribution in [3.63, 3.8) is 0 Å². The summed E-state index contributed by atoms with van der Waals surface area (Å²) in [5.74, 6) is -1.66. The second-order valence-corrected chi connectivity index (χ2v) is 8.22. The Morgan fingerprint density at radius 3 is 2.48 bits per heavy atom. The van der Waals surface area contributed by atoms with Crippen molar-refractivity contribution in [3.8, 4) is 0 Å². The zero-order valence-electron chi connectivity index (χ0n) is 16.6. The number of hydrogen-bond acceptors (Lipinski definition) is 5. The van der Waals surface area contributed by atoms with Gasteiger partial charge < -0.3 is 9.84 Å². The first-order chi connectivity index (χ1) is 14.7. The molecule has 1 heterocycles. The molecule has 0 saturated carbocycles. The van der Waals surface area contributed by atoms with Crippen molar-refractivity contribution in [1.82, 2.24) is 5.16 Å². The number of sulfonamides is 1. The molecule has 0 saturated heterocycles. The Morgan fingerprint density at radius 2 is 1.84 bits per heavy atom. The number of carbonyl (C=O) groups is 1. The van der Waals surface area contributed by atoms with Crippen LogP contribution in [0, 0.1) is 18.6 Å². The average Bonchev–Trinajstić information content (AvgIpc) is 3.08. The summed E-state index contributed by atoms with van der Waals surface area (Å²) in [5.41, 5.74) is 1.29. The summed E-state index contributed by atoms with van der Waals surface area (Å²) >= 11 is 0. The van der Waals surface area contributed by atoms with Crippen LogP contribution in [0.4, 0.5) is 20.2 Å². The molecule has 0 atom stereocenters. The minimum absolute atomic E-state index is 0.0974. The van der Waals surface area contributed by atoms with E-state index >= 15 is 0 Å². The van der Waals surface area contributed by atoms with E-state index in [1.165, 1.54) is 12.1 Å². The zero-order chi connectivity index (χ0) is 22.6. The van der Waals surface area contributed by atoms with Gasteiger partial charge in [0.2, 0.25) is 5.91 Å². The van der Waals surface area contributed by atoms with Gasteiger partial charge in [-0.1, -0.05) is 30.3 Å². The maximum Gasteiger partial charge on any atom is 0.261 e. The maximum absolute atomic E-state index is 13.7. The first-order valence-electron chi connectivity index (χ1n) is 9.21. The Bertz CT molecular complexity index is 1240. The summed E-state index contributed by atoms with van der Waals surface area (Å²) in [5, 5.41) is 6.55. The number of carbonyl (C=O) groups excluding carboxylic acids is 1. The van der Waals surface area contributed by atoms with Crippen molar-refractivity contribution in [2.75, 3.05) is 10.0 Å². The maximum atomic E-state index is 13.7. The molecule has 0 bridgehead atoms. The number of anilines is 2. The van der Waals surface area contributed by atoms with Gasteiger partial charge in [-0.05, 0) is 42.8 Å². The zero-order valence-corrected chi connectivity index (χ0v) is 17.5. The summed E-state index contributed by atoms with van der Waals surface area (Å²) in [7, 11) is -4.06. The third-order valence-corrected chi connectivity index (χ3v) is 5.65. The number of nitrogens with zero attached hydrogens (tertiary/aromatic N) is 1. The van der Waals surface area contributed by atoms with Crippen LogP contribution in [0.25, 0.3) is 12.2 Å². The van der Waals surface area contributed by atoms with E-state index in [1.54, 1.807) is 38.1 Å². The molecule has 0 radical (unpaired) electrons. The van der Waals surface area contributed by atoms with Gasteiger partial charge in [-0.3, -0.25) is 9.52 Å². The van der Waals surface area contributed by atoms with E-state index in [2.05, 4.69) is 15.2 Å². The van der Waals surface area contributed by atoms with Crippen LogP contribution >= 0.6 is 0 Å². The summed E-state index contributed by atoms with van der Waals surface area (Å²) in [6.45, 7) is 3.42. The molecule has 3 rings (SSSR count). The fourth-order valence-corrected chi connectivity index (χ4v) is 3.65. The monoisotopic (exact) mass is 447 g/mol. The van der Waals surface area contributed by atoms with Crippen LogP contribution in [0.1, 0.15) is 30.4 Å². The SMILES string of the molecule is CCC(=O)Nc1c(C)noc1/C=C\c1ccc(S(=O)(=O)Nc2ccc(F)cc2F)cc1. The lowest BCUT2D eigenvalue weighted by Gasteiger charge is -2.09. The first-order valence-corrected chi connectivity index (χ1v) is 10.7. The highest BCUT2D eigenvalue weighted by molar-refractivity contribution is 7.92. The fourth-order valence-electron chi connectivity index (χ4n) is 2.59. The van der Waals surface area contributed by atoms with Gasteiger partial charge in [-0.25, -0.2) is 17.2 Å². The molecular weight excluding hydrogens is 428 g/mol. The standard InChI is InChI=1S/C21H19F2N3O4S/c1-3-20(27)24-21-13(2)25-30-19(21)11-6-14-4-8-16(9-5-14)31(28,29)26-18-10-7-15(22)12-17(18)23/h4-12,26H,3H2,1-2H3,(H,24,27)/b11-6-. The second kappa shape index (κ2) is 9.09. The quantitative estimate of drug-likeness (QED) is 0.552. The summed E-state index contributed by atoms with van der Waals surface area (Å²) in [6.07, 6.45) is 3.56. The molecule has 7 nitrogen and oxygen atoms in total. The molecule has 0 unspecified atom stereocenters. The third-order valence-electron chi connectivity index (χ3n) is 4.27. The summed E-state index contributed by atoms with van der Waals surface area (Å²) < 4.78 is 58.9. The average molecular weight is 447 g/mol. The first kappa shape index (κ1) is 22.2. The lowest BCUT2D eigenvalue weighted by Crippen LogP contribution is -2.14. The molecule has 0 spiro atoms. The molecule has 0 aliphatic rings. The molecular formula is C21H19F2N3O4S. The van der Waals surface area contributed by atoms with Crippen molar-refractivity contribution in [2.45, 2.75) is 25.2 Å². The van der Waals surface area contributed by atoms with Crippen molar-refractivity contribution >= 4 is 39.5 Å². The van der Waals surface area contributed by atoms with Crippen LogP contribution in [-0.2, 0) is 14.8 Å². The number of halogens is 2. The molecule has 3 aromatic rings. The van der Waals surface area contributed by atoms with E-state index in [-0.39, 0.29) is 16.5 Å². The van der Waals surface area contributed by atoms with Gasteiger partial charge in [0.05, 0.1) is 10.6 Å². The predicted molar refractivity (Wildman–Crippen MR) is 113 cm³/mol. The number of aromatic nitrogens is 1. The third kappa shape index (κ3) is 5.34. The van der Waals surface area contributed by atoms with Crippen LogP contribution in [0.3, 0.4) is 0 Å². The summed E-state index contributed by atoms with van der Waals surface area (Å²) in [6, 6.07) is 8.32. The van der Waals surface area contributed by atoms with Crippen molar-refractivity contribution in [1.29, 1.82) is 0 Å². The number of rotatable bonds is 7. The van der Waals surface area contributed by atoms with Gasteiger partial charge in [0.15, 0.2) is 5.76 Å². The van der Waals surface area contributed by atoms with Crippen LogP contribution in [0.15, 0.2) is 51.9 Å². The van der Waals surface area contributed by atoms with Crippen molar-refractivity contribution in [2.24, 2.45) is 0 Å². The molecule has 31 heavy (non-hydrogen) atoms. The van der Waals surface area contributed by atoms with Gasteiger partial charge in [0.1, 0.15) is 23.0 Å². The molecule has 0 fully saturated rings. The molecule has 2 aromatic carbocycles. The molecule has 2 N–H and O–H groups in total. The van der Waals surface area contributed by atoms with Crippen molar-refractivity contribution < 1.29 is 26.5 Å². The lowest BCUT2D eigenvalue weighted by atomic mass is 10.2. The van der Waals surface area contributed by atoms with Gasteiger partial charge >= 0.3 is 0 Å². The highest BCUT2D eigenvalue weighted by Gasteiger charge is 2.17. The largest absolute Gasteiger partial charge is 0.354 e. The number of nitrogens with one attached hydrogen (secondary N) is 2. The minimum Gasteiger partial charge on any atom is -0.354 e. The van der Waals surface area contributed by atoms with Crippen LogP contribution < -0.4 is 10.0 Å². The Kier molecular flexibility index (Phi) is 6.50. The number of amides is 1. The molecule has 0 aliphatic heterocycles. The van der Waals surface area contributed by atoms with E-state index in [9.17, 15) is 22.0 Å². The number of aryl methyl sites for hydroxylation is 1. The Labute approximate surface area is 177 Å². The highest BCUT2D eigenvalue weighted by Crippen LogP contribution is 2.24. The Morgan fingerprint density at radius 1 is 1.13 bits per heavy atom. The highest BCUT2D eigenvalue weighted by atomic mass is 32.2. The van der Waals surface area contributed by atoms with Crippen LogP contribution in [0.2, 0.25) is 0 Å². The van der Waals surface area contributed by atoms with Gasteiger partial charge in [-0.2, -0.15) is 0 Å². The van der Waals surface area contributed by atoms with Crippen LogP contribution in [-0.4, -0.2) is 19.5 Å². The van der Waals surface area contributed by atoms with Gasteiger partial charge in [-0.15, -0.1) is 0 Å². The smallest absolute Gasteiger partial charge is 0.261 e. The normalized spacial score (nSPS) is 11.6. The van der Waals surface area contributed by atoms with E-state index < -0.39 is 21.7 Å². The Balaban J connectivity index is 1.77. The van der Waals surface area contributed by atoms with E-state index in [1.807, 2.05) is 0 Å². The van der Waals surface area contributed by atoms with Gasteiger partial charge in [0, 0.05) is 12.5 Å². The molecule has 10 heteroatoms. The van der Waals surface area contributed by atoms with E-state index in [0.717, 1.165) is 12.1 Å². The number of hydrogen-bond donors (Lipinski definition) is 2.